The first-order valence-corrected chi connectivity index (χ1v) is 15.5. The third kappa shape index (κ3) is 11.1. The molecule has 0 N–H and O–H groups in total. The topological polar surface area (TPSA) is 103 Å². The lowest BCUT2D eigenvalue weighted by Gasteiger charge is -2.42. The zero-order chi connectivity index (χ0) is 30.3. The van der Waals surface area contributed by atoms with Crippen molar-refractivity contribution in [2.75, 3.05) is 0 Å². The fourth-order valence-electron chi connectivity index (χ4n) is 6.98. The van der Waals surface area contributed by atoms with Crippen LogP contribution in [0.1, 0.15) is 127 Å². The van der Waals surface area contributed by atoms with E-state index in [0.717, 1.165) is 51.4 Å². The minimum absolute atomic E-state index is 0.0166. The Morgan fingerprint density at radius 1 is 0.775 bits per heavy atom. The van der Waals surface area contributed by atoms with E-state index >= 15 is 0 Å². The number of carbonyl (C=O) groups is 3. The van der Waals surface area contributed by atoms with Crippen LogP contribution in [0.3, 0.4) is 0 Å². The molecule has 7 heteroatoms. The summed E-state index contributed by atoms with van der Waals surface area (Å²) in [5, 5.41) is 9.86. The van der Waals surface area contributed by atoms with Crippen LogP contribution in [0, 0.1) is 52.8 Å². The van der Waals surface area contributed by atoms with Crippen LogP contribution in [0.25, 0.3) is 0 Å². The minimum Gasteiger partial charge on any atom is -0.463 e. The summed E-state index contributed by atoms with van der Waals surface area (Å²) in [6.45, 7) is 17.2. The van der Waals surface area contributed by atoms with Crippen LogP contribution in [-0.4, -0.2) is 35.2 Å². The van der Waals surface area contributed by atoms with Crippen LogP contribution < -0.4 is 0 Å². The summed E-state index contributed by atoms with van der Waals surface area (Å²) < 4.78 is 16.8. The molecule has 2 aliphatic rings. The van der Waals surface area contributed by atoms with Gasteiger partial charge in [0.05, 0.1) is 12.0 Å². The highest BCUT2D eigenvalue weighted by atomic mass is 16.6. The number of carbonyl (C=O) groups excluding carboxylic acids is 3. The molecule has 228 valence electrons. The van der Waals surface area contributed by atoms with Gasteiger partial charge in [-0.2, -0.15) is 5.26 Å². The maximum atomic E-state index is 13.6. The number of ether oxygens (including phenoxy) is 3. The van der Waals surface area contributed by atoms with Gasteiger partial charge in [0.1, 0.15) is 17.3 Å². The molecule has 40 heavy (non-hydrogen) atoms. The number of hydrogen-bond acceptors (Lipinski definition) is 7. The molecule has 4 atom stereocenters. The van der Waals surface area contributed by atoms with E-state index in [0.29, 0.717) is 18.3 Å². The summed E-state index contributed by atoms with van der Waals surface area (Å²) >= 11 is 0. The smallest absolute Gasteiger partial charge is 0.310 e. The Bertz CT molecular complexity index is 878. The number of esters is 3. The second-order valence-electron chi connectivity index (χ2n) is 14.5. The molecule has 0 aromatic rings. The van der Waals surface area contributed by atoms with E-state index in [9.17, 15) is 19.6 Å². The zero-order valence-electron chi connectivity index (χ0n) is 26.6. The van der Waals surface area contributed by atoms with Gasteiger partial charge in [-0.3, -0.25) is 14.4 Å². The predicted octanol–water partition coefficient (Wildman–Crippen LogP) is 7.41. The van der Waals surface area contributed by atoms with E-state index in [2.05, 4.69) is 19.9 Å². The molecule has 0 aromatic carbocycles. The molecule has 0 spiro atoms. The van der Waals surface area contributed by atoms with Crippen LogP contribution in [0.4, 0.5) is 0 Å². The summed E-state index contributed by atoms with van der Waals surface area (Å²) in [6, 6.07) is 2.46. The van der Waals surface area contributed by atoms with Crippen molar-refractivity contribution in [3.8, 4) is 6.07 Å². The first-order chi connectivity index (χ1) is 18.5. The highest BCUT2D eigenvalue weighted by Gasteiger charge is 2.43. The van der Waals surface area contributed by atoms with Crippen LogP contribution >= 0.6 is 0 Å². The summed E-state index contributed by atoms with van der Waals surface area (Å²) in [5.41, 5.74) is -1.07. The largest absolute Gasteiger partial charge is 0.463 e. The van der Waals surface area contributed by atoms with Gasteiger partial charge in [0, 0.05) is 19.3 Å². The molecule has 0 aliphatic heterocycles. The molecule has 0 radical (unpaired) electrons. The molecule has 2 aliphatic carbocycles. The monoisotopic (exact) mass is 561 g/mol. The first kappa shape index (κ1) is 34.1. The maximum Gasteiger partial charge on any atom is 0.310 e. The van der Waals surface area contributed by atoms with Gasteiger partial charge in [-0.1, -0.05) is 13.8 Å². The van der Waals surface area contributed by atoms with Crippen LogP contribution in [0.15, 0.2) is 0 Å². The standard InChI is InChI=1S/C33H55NO6/c1-21(24-10-12-26(13-11-24)27(20-34)16-19-29(36)39-32(4,5)6)30(31(37)40-33(7,8)9)22(2)25-14-17-28(18-15-25)38-23(3)35/h21-22,24-28,30H,10-19H2,1-9H3. The third-order valence-electron chi connectivity index (χ3n) is 8.98. The normalized spacial score (nSPS) is 26.9. The van der Waals surface area contributed by atoms with E-state index in [4.69, 9.17) is 14.2 Å². The Labute approximate surface area is 243 Å². The average Bonchev–Trinajstić information content (AvgIpc) is 2.82. The number of rotatable bonds is 10. The van der Waals surface area contributed by atoms with Gasteiger partial charge in [0.15, 0.2) is 0 Å². The molecule has 0 heterocycles. The highest BCUT2D eigenvalue weighted by molar-refractivity contribution is 5.73. The first-order valence-electron chi connectivity index (χ1n) is 15.5. The summed E-state index contributed by atoms with van der Waals surface area (Å²) in [6.07, 6.45) is 8.17. The molecule has 0 aromatic heterocycles. The van der Waals surface area contributed by atoms with Crippen molar-refractivity contribution in [3.05, 3.63) is 0 Å². The van der Waals surface area contributed by atoms with Crippen LogP contribution in [0.5, 0.6) is 0 Å². The van der Waals surface area contributed by atoms with E-state index in [1.165, 1.54) is 6.92 Å². The summed E-state index contributed by atoms with van der Waals surface area (Å²) in [5.74, 6) is 0.445. The Balaban J connectivity index is 2.04. The molecule has 0 bridgehead atoms. The Kier molecular flexibility index (Phi) is 12.5. The van der Waals surface area contributed by atoms with E-state index in [1.807, 2.05) is 41.5 Å². The van der Waals surface area contributed by atoms with Crippen molar-refractivity contribution < 1.29 is 28.6 Å². The minimum atomic E-state index is -0.548. The molecule has 2 fully saturated rings. The number of nitriles is 1. The SMILES string of the molecule is CC(=O)OC1CCC(C(C)C(C(=O)OC(C)(C)C)C(C)C2CCC(C(C#N)CCC(=O)OC(C)(C)C)CC2)CC1. The fourth-order valence-corrected chi connectivity index (χ4v) is 6.98. The van der Waals surface area contributed by atoms with Gasteiger partial charge >= 0.3 is 17.9 Å². The lowest BCUT2D eigenvalue weighted by atomic mass is 9.64. The van der Waals surface area contributed by atoms with Crippen LogP contribution in [0.2, 0.25) is 0 Å². The molecular weight excluding hydrogens is 506 g/mol. The van der Waals surface area contributed by atoms with Gasteiger partial charge in [0.25, 0.3) is 0 Å². The van der Waals surface area contributed by atoms with Gasteiger partial charge in [-0.25, -0.2) is 0 Å². The predicted molar refractivity (Wildman–Crippen MR) is 155 cm³/mol. The van der Waals surface area contributed by atoms with Crippen molar-refractivity contribution in [1.82, 2.24) is 0 Å². The van der Waals surface area contributed by atoms with Gasteiger partial charge < -0.3 is 14.2 Å². The summed E-state index contributed by atoms with van der Waals surface area (Å²) in [7, 11) is 0. The van der Waals surface area contributed by atoms with Gasteiger partial charge in [-0.05, 0) is 129 Å². The molecular formula is C33H55NO6. The molecule has 2 saturated carbocycles. The maximum absolute atomic E-state index is 13.6. The van der Waals surface area contributed by atoms with Crippen molar-refractivity contribution in [2.24, 2.45) is 41.4 Å². The lowest BCUT2D eigenvalue weighted by molar-refractivity contribution is -0.166. The molecule has 2 rings (SSSR count). The number of nitrogens with zero attached hydrogens (tertiary/aromatic N) is 1. The molecule has 4 unspecified atom stereocenters. The number of hydrogen-bond donors (Lipinski definition) is 0. The fraction of sp³-hybridized carbons (Fsp3) is 0.879. The Hall–Kier alpha value is -2.10. The zero-order valence-corrected chi connectivity index (χ0v) is 26.6. The Morgan fingerprint density at radius 2 is 1.23 bits per heavy atom. The Morgan fingerprint density at radius 3 is 1.65 bits per heavy atom. The van der Waals surface area contributed by atoms with E-state index in [1.54, 1.807) is 0 Å². The van der Waals surface area contributed by atoms with E-state index < -0.39 is 11.2 Å². The second kappa shape index (κ2) is 14.7. The summed E-state index contributed by atoms with van der Waals surface area (Å²) in [4.78, 5) is 37.2. The van der Waals surface area contributed by atoms with Gasteiger partial charge in [-0.15, -0.1) is 0 Å². The molecule has 0 amide bonds. The van der Waals surface area contributed by atoms with Crippen molar-refractivity contribution >= 4 is 17.9 Å². The quantitative estimate of drug-likeness (QED) is 0.202. The van der Waals surface area contributed by atoms with Crippen molar-refractivity contribution in [1.29, 1.82) is 5.26 Å². The molecule has 7 nitrogen and oxygen atoms in total. The molecule has 0 saturated heterocycles. The highest BCUT2D eigenvalue weighted by Crippen LogP contribution is 2.45. The lowest BCUT2D eigenvalue weighted by Crippen LogP contribution is -2.41. The van der Waals surface area contributed by atoms with Crippen molar-refractivity contribution in [3.63, 3.8) is 0 Å². The van der Waals surface area contributed by atoms with E-state index in [-0.39, 0.29) is 60.0 Å². The third-order valence-corrected chi connectivity index (χ3v) is 8.98. The van der Waals surface area contributed by atoms with Crippen molar-refractivity contribution in [2.45, 2.75) is 144 Å². The van der Waals surface area contributed by atoms with Gasteiger partial charge in [0.2, 0.25) is 0 Å². The average molecular weight is 562 g/mol. The second-order valence-corrected chi connectivity index (χ2v) is 14.5. The van der Waals surface area contributed by atoms with Crippen LogP contribution in [-0.2, 0) is 28.6 Å².